The molecule has 0 nitrogen and oxygen atoms in total. The molecule has 0 bridgehead atoms. The second kappa shape index (κ2) is 5.57. The van der Waals surface area contributed by atoms with E-state index >= 15 is 0 Å². The number of rotatable bonds is 2. The number of hydrogen-bond donors (Lipinski definition) is 0. The first-order valence-corrected chi connectivity index (χ1v) is 8.17. The Balaban J connectivity index is 2.00. The van der Waals surface area contributed by atoms with E-state index in [1.54, 1.807) is 0 Å². The minimum Gasteiger partial charge on any atom is -0.207 e. The highest BCUT2D eigenvalue weighted by Gasteiger charge is 2.19. The van der Waals surface area contributed by atoms with Crippen LogP contribution in [0.1, 0.15) is 33.5 Å². The van der Waals surface area contributed by atoms with E-state index in [1.807, 2.05) is 6.07 Å². The molecule has 2 aromatic rings. The average molecular weight is 402 g/mol. The molecule has 0 fully saturated rings. The summed E-state index contributed by atoms with van der Waals surface area (Å²) in [6.45, 7) is 0. The van der Waals surface area contributed by atoms with Gasteiger partial charge in [-0.2, -0.15) is 0 Å². The monoisotopic (exact) mass is 400 g/mol. The Morgan fingerprint density at radius 2 is 1.70 bits per heavy atom. The highest BCUT2D eigenvalue weighted by molar-refractivity contribution is 9.10. The fraction of sp³-hybridized carbons (Fsp3) is 0.250. The van der Waals surface area contributed by atoms with Crippen LogP contribution in [0, 0.1) is 11.6 Å². The van der Waals surface area contributed by atoms with Crippen molar-refractivity contribution in [3.05, 3.63) is 68.7 Å². The van der Waals surface area contributed by atoms with Gasteiger partial charge in [0.25, 0.3) is 0 Å². The van der Waals surface area contributed by atoms with Crippen molar-refractivity contribution in [3.8, 4) is 0 Å². The molecule has 1 atom stereocenters. The molecule has 3 rings (SSSR count). The third kappa shape index (κ3) is 2.56. The molecule has 0 N–H and O–H groups in total. The van der Waals surface area contributed by atoms with Crippen molar-refractivity contribution >= 4 is 31.9 Å². The summed E-state index contributed by atoms with van der Waals surface area (Å²) in [5.41, 5.74) is 3.98. The minimum atomic E-state index is -0.452. The molecule has 1 aliphatic carbocycles. The summed E-state index contributed by atoms with van der Waals surface area (Å²) >= 11 is 6.49. The minimum absolute atomic E-state index is 0.146. The molecule has 0 aliphatic heterocycles. The van der Waals surface area contributed by atoms with Crippen LogP contribution in [0.5, 0.6) is 0 Å². The lowest BCUT2D eigenvalue weighted by molar-refractivity contribution is 0.583. The van der Waals surface area contributed by atoms with Gasteiger partial charge in [0.05, 0.1) is 9.30 Å². The van der Waals surface area contributed by atoms with Gasteiger partial charge in [-0.15, -0.1) is 0 Å². The summed E-state index contributed by atoms with van der Waals surface area (Å²) in [7, 11) is 0. The Morgan fingerprint density at radius 1 is 0.950 bits per heavy atom. The average Bonchev–Trinajstić information content (AvgIpc) is 2.89. The van der Waals surface area contributed by atoms with Gasteiger partial charge in [-0.1, -0.05) is 34.1 Å². The van der Waals surface area contributed by atoms with E-state index in [0.29, 0.717) is 5.56 Å². The summed E-state index contributed by atoms with van der Waals surface area (Å²) in [4.78, 5) is -0.337. The van der Waals surface area contributed by atoms with Crippen molar-refractivity contribution in [3.63, 3.8) is 0 Å². The van der Waals surface area contributed by atoms with E-state index < -0.39 is 11.6 Å². The van der Waals surface area contributed by atoms with Gasteiger partial charge < -0.3 is 0 Å². The van der Waals surface area contributed by atoms with E-state index in [-0.39, 0.29) is 9.30 Å². The van der Waals surface area contributed by atoms with Gasteiger partial charge in [-0.25, -0.2) is 8.78 Å². The molecule has 0 saturated heterocycles. The fourth-order valence-electron chi connectivity index (χ4n) is 2.66. The second-order valence-electron chi connectivity index (χ2n) is 5.03. The molecule has 104 valence electrons. The number of benzene rings is 2. The van der Waals surface area contributed by atoms with Gasteiger partial charge in [0.15, 0.2) is 0 Å². The third-order valence-corrected chi connectivity index (χ3v) is 5.36. The quantitative estimate of drug-likeness (QED) is 0.447. The molecule has 0 spiro atoms. The predicted molar refractivity (Wildman–Crippen MR) is 83.3 cm³/mol. The Kier molecular flexibility index (Phi) is 3.95. The van der Waals surface area contributed by atoms with Crippen molar-refractivity contribution in [2.24, 2.45) is 0 Å². The van der Waals surface area contributed by atoms with Gasteiger partial charge in [0.2, 0.25) is 0 Å². The number of fused-ring (bicyclic) bond motifs is 1. The van der Waals surface area contributed by atoms with Gasteiger partial charge in [-0.3, -0.25) is 0 Å². The Labute approximate surface area is 133 Å². The number of alkyl halides is 1. The van der Waals surface area contributed by atoms with E-state index in [9.17, 15) is 8.78 Å². The van der Waals surface area contributed by atoms with Crippen molar-refractivity contribution in [1.82, 2.24) is 0 Å². The van der Waals surface area contributed by atoms with E-state index in [0.717, 1.165) is 18.4 Å². The van der Waals surface area contributed by atoms with Crippen LogP contribution in [0.25, 0.3) is 0 Å². The smallest absolute Gasteiger partial charge is 0.137 e. The highest BCUT2D eigenvalue weighted by atomic mass is 79.9. The lowest BCUT2D eigenvalue weighted by atomic mass is 10.00. The van der Waals surface area contributed by atoms with Gasteiger partial charge in [-0.05, 0) is 64.0 Å². The zero-order chi connectivity index (χ0) is 14.3. The standard InChI is InChI=1S/C16H12Br2F2/c17-13-8-14(19)12(7-15(13)20)16(18)11-5-4-9-2-1-3-10(9)6-11/h4-8,16H,1-3H2. The van der Waals surface area contributed by atoms with Crippen molar-refractivity contribution in [1.29, 1.82) is 0 Å². The maximum absolute atomic E-state index is 14.0. The molecule has 0 heterocycles. The summed E-state index contributed by atoms with van der Waals surface area (Å²) in [5, 5.41) is 0. The summed E-state index contributed by atoms with van der Waals surface area (Å²) < 4.78 is 27.8. The molecule has 2 aromatic carbocycles. The van der Waals surface area contributed by atoms with Crippen molar-refractivity contribution < 1.29 is 8.78 Å². The molecule has 0 saturated carbocycles. The highest BCUT2D eigenvalue weighted by Crippen LogP contribution is 2.36. The summed E-state index contributed by atoms with van der Waals surface area (Å²) in [6.07, 6.45) is 3.36. The fourth-order valence-corrected chi connectivity index (χ4v) is 3.61. The third-order valence-electron chi connectivity index (χ3n) is 3.73. The van der Waals surface area contributed by atoms with Crippen LogP contribution < -0.4 is 0 Å². The molecule has 1 unspecified atom stereocenters. The molecular formula is C16H12Br2F2. The summed E-state index contributed by atoms with van der Waals surface area (Å²) in [6, 6.07) is 8.60. The molecular weight excluding hydrogens is 390 g/mol. The normalized spacial score (nSPS) is 15.2. The molecule has 20 heavy (non-hydrogen) atoms. The van der Waals surface area contributed by atoms with E-state index in [2.05, 4.69) is 44.0 Å². The maximum atomic E-state index is 14.0. The van der Waals surface area contributed by atoms with Crippen molar-refractivity contribution in [2.45, 2.75) is 24.1 Å². The molecule has 0 radical (unpaired) electrons. The van der Waals surface area contributed by atoms with E-state index in [1.165, 1.54) is 29.7 Å². The Bertz CT molecular complexity index is 668. The van der Waals surface area contributed by atoms with Gasteiger partial charge >= 0.3 is 0 Å². The lowest BCUT2D eigenvalue weighted by Crippen LogP contribution is -1.99. The van der Waals surface area contributed by atoms with Crippen LogP contribution in [0.15, 0.2) is 34.8 Å². The topological polar surface area (TPSA) is 0 Å². The number of aryl methyl sites for hydroxylation is 2. The first-order valence-electron chi connectivity index (χ1n) is 6.46. The molecule has 0 amide bonds. The molecule has 1 aliphatic rings. The van der Waals surface area contributed by atoms with Gasteiger partial charge in [0, 0.05) is 5.56 Å². The second-order valence-corrected chi connectivity index (χ2v) is 6.80. The first-order chi connectivity index (χ1) is 9.56. The SMILES string of the molecule is Fc1cc(C(Br)c2ccc3c(c2)CCC3)c(F)cc1Br. The van der Waals surface area contributed by atoms with Crippen LogP contribution in [0.2, 0.25) is 0 Å². The largest absolute Gasteiger partial charge is 0.207 e. The maximum Gasteiger partial charge on any atom is 0.137 e. The van der Waals surface area contributed by atoms with Gasteiger partial charge in [0.1, 0.15) is 11.6 Å². The van der Waals surface area contributed by atoms with Crippen LogP contribution in [-0.4, -0.2) is 0 Å². The molecule has 0 aromatic heterocycles. The van der Waals surface area contributed by atoms with E-state index in [4.69, 9.17) is 0 Å². The predicted octanol–water partition coefficient (Wildman–Crippen LogP) is 5.70. The number of halogens is 4. The molecule has 4 heteroatoms. The van der Waals surface area contributed by atoms with Crippen LogP contribution >= 0.6 is 31.9 Å². The van der Waals surface area contributed by atoms with Crippen LogP contribution in [0.4, 0.5) is 8.78 Å². The summed E-state index contributed by atoms with van der Waals surface area (Å²) in [5.74, 6) is -0.868. The Morgan fingerprint density at radius 3 is 2.50 bits per heavy atom. The lowest BCUT2D eigenvalue weighted by Gasteiger charge is -2.14. The Hall–Kier alpha value is -0.740. The van der Waals surface area contributed by atoms with Crippen molar-refractivity contribution in [2.75, 3.05) is 0 Å². The van der Waals surface area contributed by atoms with Crippen LogP contribution in [-0.2, 0) is 12.8 Å². The number of hydrogen-bond acceptors (Lipinski definition) is 0. The zero-order valence-electron chi connectivity index (χ0n) is 10.6. The zero-order valence-corrected chi connectivity index (χ0v) is 13.8. The first kappa shape index (κ1) is 14.2. The van der Waals surface area contributed by atoms with Crippen LogP contribution in [0.3, 0.4) is 0 Å².